The molecule has 1 N–H and O–H groups in total. The minimum Gasteiger partial charge on any atom is -0.359 e. The normalized spacial score (nSPS) is 14.7. The third kappa shape index (κ3) is 0.669. The number of hydrogen-bond donors (Lipinski definition) is 1. The zero-order valence-corrected chi connectivity index (χ0v) is 4.89. The Bertz CT molecular complexity index is 197. The number of aromatic nitrogens is 1. The van der Waals surface area contributed by atoms with Gasteiger partial charge in [-0.1, -0.05) is 6.07 Å². The molecule has 2 rings (SSSR count). The van der Waals surface area contributed by atoms with Crippen LogP contribution in [-0.4, -0.2) is 4.98 Å². The van der Waals surface area contributed by atoms with E-state index in [4.69, 9.17) is 0 Å². The number of fused-ring (bicyclic) bond motifs is 1. The number of nitrogens with zero attached hydrogens (tertiary/aromatic N) is 1. The highest BCUT2D eigenvalue weighted by Crippen LogP contribution is 2.19. The molecular formula is C7H6N2. The van der Waals surface area contributed by atoms with Crippen LogP contribution in [0.1, 0.15) is 5.56 Å². The van der Waals surface area contributed by atoms with Crippen LogP contribution in [0.5, 0.6) is 0 Å². The topological polar surface area (TPSA) is 24.9 Å². The molecule has 0 amide bonds. The Morgan fingerprint density at radius 3 is 3.56 bits per heavy atom. The van der Waals surface area contributed by atoms with Crippen LogP contribution in [0.4, 0.5) is 5.82 Å². The van der Waals surface area contributed by atoms with Gasteiger partial charge < -0.3 is 5.32 Å². The highest BCUT2D eigenvalue weighted by molar-refractivity contribution is 5.50. The summed E-state index contributed by atoms with van der Waals surface area (Å²) in [4.78, 5) is 4.09. The first-order valence-corrected chi connectivity index (χ1v) is 2.89. The summed E-state index contributed by atoms with van der Waals surface area (Å²) in [5, 5.41) is 2.94. The maximum absolute atomic E-state index is 4.09. The molecule has 0 aromatic carbocycles. The Kier molecular flexibility index (Phi) is 0.918. The summed E-state index contributed by atoms with van der Waals surface area (Å²) < 4.78 is 0. The lowest BCUT2D eigenvalue weighted by Crippen LogP contribution is -1.85. The smallest absolute Gasteiger partial charge is 0.129 e. The number of rotatable bonds is 0. The van der Waals surface area contributed by atoms with Crippen molar-refractivity contribution in [1.29, 1.82) is 0 Å². The second kappa shape index (κ2) is 1.72. The van der Waals surface area contributed by atoms with Crippen molar-refractivity contribution >= 4 is 5.82 Å². The van der Waals surface area contributed by atoms with E-state index in [2.05, 4.69) is 22.9 Å². The van der Waals surface area contributed by atoms with Crippen molar-refractivity contribution in [2.24, 2.45) is 0 Å². The molecule has 1 aliphatic rings. The second-order valence-electron chi connectivity index (χ2n) is 1.99. The molecule has 1 aromatic heterocycles. The van der Waals surface area contributed by atoms with Crippen LogP contribution in [0.15, 0.2) is 18.3 Å². The Morgan fingerprint density at radius 1 is 1.67 bits per heavy atom. The summed E-state index contributed by atoms with van der Waals surface area (Å²) in [5.74, 6) is 0.956. The van der Waals surface area contributed by atoms with Crippen molar-refractivity contribution in [3.05, 3.63) is 30.4 Å². The summed E-state index contributed by atoms with van der Waals surface area (Å²) in [6.07, 6.45) is 2.65. The quantitative estimate of drug-likeness (QED) is 0.551. The standard InChI is InChI=1S/C7H6N2/c1-2-6-3-5-9-7(6)8-4-1/h1-2,4H,3H2,(H,8,9). The van der Waals surface area contributed by atoms with Crippen LogP contribution in [0.25, 0.3) is 0 Å². The molecule has 0 aliphatic carbocycles. The number of pyridine rings is 1. The van der Waals surface area contributed by atoms with Gasteiger partial charge in [0.1, 0.15) is 5.82 Å². The van der Waals surface area contributed by atoms with Crippen molar-refractivity contribution in [3.8, 4) is 0 Å². The van der Waals surface area contributed by atoms with Crippen molar-refractivity contribution in [2.45, 2.75) is 6.42 Å². The molecule has 0 atom stereocenters. The molecule has 2 heterocycles. The minimum absolute atomic E-state index is 0.878. The van der Waals surface area contributed by atoms with Gasteiger partial charge in [0.25, 0.3) is 0 Å². The van der Waals surface area contributed by atoms with Gasteiger partial charge in [-0.05, 0) is 11.6 Å². The SMILES string of the molecule is [C]1Cc2cccnc2N1. The van der Waals surface area contributed by atoms with Crippen LogP contribution in [-0.2, 0) is 6.42 Å². The van der Waals surface area contributed by atoms with E-state index in [1.165, 1.54) is 5.56 Å². The lowest BCUT2D eigenvalue weighted by molar-refractivity contribution is 1.24. The van der Waals surface area contributed by atoms with Gasteiger partial charge in [-0.3, -0.25) is 0 Å². The van der Waals surface area contributed by atoms with Crippen molar-refractivity contribution in [3.63, 3.8) is 0 Å². The highest BCUT2D eigenvalue weighted by Gasteiger charge is 2.09. The first-order chi connectivity index (χ1) is 4.47. The van der Waals surface area contributed by atoms with Crippen LogP contribution >= 0.6 is 0 Å². The van der Waals surface area contributed by atoms with E-state index < -0.39 is 0 Å². The van der Waals surface area contributed by atoms with Gasteiger partial charge in [-0.15, -0.1) is 0 Å². The van der Waals surface area contributed by atoms with E-state index in [-0.39, 0.29) is 0 Å². The molecule has 0 unspecified atom stereocenters. The molecular weight excluding hydrogens is 112 g/mol. The van der Waals surface area contributed by atoms with Gasteiger partial charge in [-0.25, -0.2) is 4.98 Å². The molecule has 2 nitrogen and oxygen atoms in total. The summed E-state index contributed by atoms with van der Waals surface area (Å²) in [6, 6.07) is 3.99. The lowest BCUT2D eigenvalue weighted by atomic mass is 10.2. The fourth-order valence-electron chi connectivity index (χ4n) is 0.917. The average Bonchev–Trinajstić information content (AvgIpc) is 2.33. The summed E-state index contributed by atoms with van der Waals surface area (Å²) >= 11 is 0. The van der Waals surface area contributed by atoms with Crippen LogP contribution in [0.3, 0.4) is 0 Å². The van der Waals surface area contributed by atoms with Gasteiger partial charge in [0.15, 0.2) is 0 Å². The predicted octanol–water partition coefficient (Wildman–Crippen LogP) is 1.09. The zero-order chi connectivity index (χ0) is 6.10. The van der Waals surface area contributed by atoms with E-state index >= 15 is 0 Å². The molecule has 0 fully saturated rings. The molecule has 0 spiro atoms. The Hall–Kier alpha value is -1.05. The molecule has 1 aliphatic heterocycles. The third-order valence-corrected chi connectivity index (χ3v) is 1.38. The van der Waals surface area contributed by atoms with Crippen molar-refractivity contribution in [1.82, 2.24) is 4.98 Å². The van der Waals surface area contributed by atoms with Gasteiger partial charge in [0.2, 0.25) is 0 Å². The summed E-state index contributed by atoms with van der Waals surface area (Å²) in [6.45, 7) is 2.98. The maximum atomic E-state index is 4.09. The van der Waals surface area contributed by atoms with Gasteiger partial charge >= 0.3 is 0 Å². The van der Waals surface area contributed by atoms with E-state index in [9.17, 15) is 0 Å². The molecule has 0 bridgehead atoms. The fraction of sp³-hybridized carbons (Fsp3) is 0.143. The van der Waals surface area contributed by atoms with E-state index in [1.807, 2.05) is 6.07 Å². The first-order valence-electron chi connectivity index (χ1n) is 2.89. The lowest BCUT2D eigenvalue weighted by Gasteiger charge is -1.92. The largest absolute Gasteiger partial charge is 0.359 e. The molecule has 9 heavy (non-hydrogen) atoms. The molecule has 44 valence electrons. The van der Waals surface area contributed by atoms with Crippen molar-refractivity contribution in [2.75, 3.05) is 5.32 Å². The monoisotopic (exact) mass is 118 g/mol. The van der Waals surface area contributed by atoms with Crippen LogP contribution in [0.2, 0.25) is 0 Å². The molecule has 0 saturated carbocycles. The fourth-order valence-corrected chi connectivity index (χ4v) is 0.917. The van der Waals surface area contributed by atoms with Crippen molar-refractivity contribution < 1.29 is 0 Å². The van der Waals surface area contributed by atoms with Gasteiger partial charge in [0, 0.05) is 12.6 Å². The van der Waals surface area contributed by atoms with E-state index in [0.717, 1.165) is 12.2 Å². The zero-order valence-electron chi connectivity index (χ0n) is 4.89. The molecule has 2 heteroatoms. The summed E-state index contributed by atoms with van der Waals surface area (Å²) in [7, 11) is 0. The van der Waals surface area contributed by atoms with Crippen LogP contribution < -0.4 is 5.32 Å². The van der Waals surface area contributed by atoms with Gasteiger partial charge in [0.05, 0.1) is 6.54 Å². The molecule has 1 aromatic rings. The summed E-state index contributed by atoms with van der Waals surface area (Å²) in [5.41, 5.74) is 1.23. The Labute approximate surface area is 53.9 Å². The highest BCUT2D eigenvalue weighted by atomic mass is 15.0. The molecule has 2 radical (unpaired) electrons. The van der Waals surface area contributed by atoms with E-state index in [0.29, 0.717) is 0 Å². The van der Waals surface area contributed by atoms with E-state index in [1.54, 1.807) is 6.20 Å². The Morgan fingerprint density at radius 2 is 2.67 bits per heavy atom. The minimum atomic E-state index is 0.878. The predicted molar refractivity (Wildman–Crippen MR) is 34.8 cm³/mol. The second-order valence-corrected chi connectivity index (χ2v) is 1.99. The number of hydrogen-bond acceptors (Lipinski definition) is 2. The number of anilines is 1. The number of nitrogens with one attached hydrogen (secondary N) is 1. The third-order valence-electron chi connectivity index (χ3n) is 1.38. The Balaban J connectivity index is 2.54. The van der Waals surface area contributed by atoms with Crippen LogP contribution in [0, 0.1) is 6.54 Å². The first kappa shape index (κ1) is 4.79. The maximum Gasteiger partial charge on any atom is 0.129 e. The average molecular weight is 118 g/mol. The van der Waals surface area contributed by atoms with Gasteiger partial charge in [-0.2, -0.15) is 0 Å². The molecule has 0 saturated heterocycles.